The lowest BCUT2D eigenvalue weighted by molar-refractivity contribution is -0.872. The maximum atomic E-state index is 13.6. The summed E-state index contributed by atoms with van der Waals surface area (Å²) in [5.41, 5.74) is -1.13. The van der Waals surface area contributed by atoms with E-state index in [0.29, 0.717) is 0 Å². The highest BCUT2D eigenvalue weighted by molar-refractivity contribution is 5.83. The van der Waals surface area contributed by atoms with Crippen molar-refractivity contribution in [2.45, 2.75) is 12.7 Å². The maximum Gasteiger partial charge on any atom is 0.453 e. The lowest BCUT2D eigenvalue weighted by atomic mass is 10.1. The molecule has 0 aliphatic rings. The number of quaternary nitrogens is 1. The zero-order chi connectivity index (χ0) is 19.8. The molecular formula is C19H17F3NO4+. The Bertz CT molecular complexity index is 1030. The zero-order valence-electron chi connectivity index (χ0n) is 14.6. The van der Waals surface area contributed by atoms with Crippen molar-refractivity contribution in [3.8, 4) is 17.2 Å². The summed E-state index contributed by atoms with van der Waals surface area (Å²) in [5, 5.41) is 9.96. The Labute approximate surface area is 152 Å². The second-order valence-corrected chi connectivity index (χ2v) is 6.33. The van der Waals surface area contributed by atoms with Gasteiger partial charge >= 0.3 is 6.18 Å². The predicted octanol–water partition coefficient (Wildman–Crippen LogP) is 2.95. The molecule has 0 spiro atoms. The van der Waals surface area contributed by atoms with E-state index >= 15 is 0 Å². The van der Waals surface area contributed by atoms with E-state index in [1.54, 1.807) is 32.3 Å². The Morgan fingerprint density at radius 3 is 2.37 bits per heavy atom. The number of halogens is 3. The largest absolute Gasteiger partial charge is 0.507 e. The zero-order valence-corrected chi connectivity index (χ0v) is 14.6. The Balaban J connectivity index is 2.31. The smallest absolute Gasteiger partial charge is 0.453 e. The number of aromatic hydroxyl groups is 1. The average molecular weight is 380 g/mol. The molecule has 0 atom stereocenters. The Kier molecular flexibility index (Phi) is 4.84. The third-order valence-corrected chi connectivity index (χ3v) is 3.85. The molecule has 3 rings (SSSR count). The lowest BCUT2D eigenvalue weighted by Crippen LogP contribution is -3.04. The van der Waals surface area contributed by atoms with Gasteiger partial charge in [0, 0.05) is 0 Å². The lowest BCUT2D eigenvalue weighted by Gasteiger charge is -2.16. The summed E-state index contributed by atoms with van der Waals surface area (Å²) in [4.78, 5) is 13.6. The minimum absolute atomic E-state index is 0.0754. The second kappa shape index (κ2) is 6.96. The number of benzene rings is 2. The van der Waals surface area contributed by atoms with Crippen LogP contribution in [0, 0.1) is 0 Å². The fourth-order valence-corrected chi connectivity index (χ4v) is 2.70. The Morgan fingerprint density at radius 1 is 1.11 bits per heavy atom. The third kappa shape index (κ3) is 3.75. The van der Waals surface area contributed by atoms with Crippen LogP contribution in [-0.2, 0) is 12.7 Å². The fraction of sp³-hybridized carbons (Fsp3) is 0.211. The molecule has 2 N–H and O–H groups in total. The van der Waals surface area contributed by atoms with Gasteiger partial charge in [0.2, 0.25) is 11.2 Å². The molecule has 3 aromatic rings. The van der Waals surface area contributed by atoms with Crippen LogP contribution in [0.25, 0.3) is 11.0 Å². The first-order valence-corrected chi connectivity index (χ1v) is 8.09. The molecule has 0 aliphatic heterocycles. The first kappa shape index (κ1) is 18.8. The van der Waals surface area contributed by atoms with Crippen LogP contribution in [0.1, 0.15) is 11.3 Å². The molecule has 0 bridgehead atoms. The van der Waals surface area contributed by atoms with Crippen LogP contribution in [0.15, 0.2) is 51.7 Å². The molecule has 8 heteroatoms. The van der Waals surface area contributed by atoms with Crippen molar-refractivity contribution in [1.29, 1.82) is 0 Å². The van der Waals surface area contributed by atoms with Crippen LogP contribution < -0.4 is 15.1 Å². The van der Waals surface area contributed by atoms with Crippen molar-refractivity contribution in [2.75, 3.05) is 14.1 Å². The maximum absolute atomic E-state index is 13.6. The number of nitrogens with one attached hydrogen (secondary N) is 1. The van der Waals surface area contributed by atoms with Crippen LogP contribution in [0.2, 0.25) is 0 Å². The highest BCUT2D eigenvalue weighted by Crippen LogP contribution is 2.39. The molecular weight excluding hydrogens is 363 g/mol. The average Bonchev–Trinajstić information content (AvgIpc) is 2.59. The van der Waals surface area contributed by atoms with Crippen LogP contribution in [0.5, 0.6) is 17.2 Å². The summed E-state index contributed by atoms with van der Waals surface area (Å²) in [6, 6.07) is 10.2. The van der Waals surface area contributed by atoms with Crippen LogP contribution in [-0.4, -0.2) is 19.2 Å². The highest BCUT2D eigenvalue weighted by atomic mass is 19.4. The standard InChI is InChI=1S/C19H16F3NO4/c1-23(2)10-13-14(24)9-8-12-15(25)17(26-11-6-4-3-5-7-11)18(19(20,21)22)27-16(12)13/h3-9,24H,10H2,1-2H3/p+1. The number of phenols is 1. The molecule has 5 nitrogen and oxygen atoms in total. The molecule has 0 amide bonds. The minimum atomic E-state index is -4.95. The number of fused-ring (bicyclic) bond motifs is 1. The van der Waals surface area contributed by atoms with E-state index in [0.717, 1.165) is 4.90 Å². The summed E-state index contributed by atoms with van der Waals surface area (Å²) in [6.07, 6.45) is -4.95. The number of para-hydroxylation sites is 1. The first-order valence-electron chi connectivity index (χ1n) is 8.09. The molecule has 0 aliphatic carbocycles. The van der Waals surface area contributed by atoms with Crippen molar-refractivity contribution in [1.82, 2.24) is 0 Å². The number of rotatable bonds is 4. The molecule has 1 heterocycles. The molecule has 142 valence electrons. The normalized spacial score (nSPS) is 11.9. The summed E-state index contributed by atoms with van der Waals surface area (Å²) in [7, 11) is 3.52. The first-order chi connectivity index (χ1) is 12.7. The molecule has 0 unspecified atom stereocenters. The molecule has 0 radical (unpaired) electrons. The second-order valence-electron chi connectivity index (χ2n) is 6.33. The predicted molar refractivity (Wildman–Crippen MR) is 92.2 cm³/mol. The molecule has 1 aromatic heterocycles. The molecule has 0 saturated heterocycles. The van der Waals surface area contributed by atoms with Gasteiger partial charge in [-0.3, -0.25) is 4.79 Å². The quantitative estimate of drug-likeness (QED) is 0.731. The van der Waals surface area contributed by atoms with Gasteiger partial charge in [-0.2, -0.15) is 13.2 Å². The number of hydrogen-bond acceptors (Lipinski definition) is 4. The van der Waals surface area contributed by atoms with Crippen molar-refractivity contribution < 1.29 is 32.3 Å². The third-order valence-electron chi connectivity index (χ3n) is 3.85. The topological polar surface area (TPSA) is 64.1 Å². The van der Waals surface area contributed by atoms with E-state index in [-0.39, 0.29) is 34.6 Å². The summed E-state index contributed by atoms with van der Waals surface area (Å²) in [6.45, 7) is 0.169. The van der Waals surface area contributed by atoms with E-state index < -0.39 is 23.1 Å². The van der Waals surface area contributed by atoms with Crippen LogP contribution in [0.3, 0.4) is 0 Å². The SMILES string of the molecule is C[NH+](C)Cc1c(O)ccc2c(=O)c(Oc3ccccc3)c(C(F)(F)F)oc12. The number of phenolic OH excluding ortho intramolecular Hbond substituents is 1. The van der Waals surface area contributed by atoms with Gasteiger partial charge in [0.25, 0.3) is 5.76 Å². The van der Waals surface area contributed by atoms with Gasteiger partial charge in [0.15, 0.2) is 5.58 Å². The summed E-state index contributed by atoms with van der Waals surface area (Å²) < 4.78 is 51.1. The number of alkyl halides is 3. The van der Waals surface area contributed by atoms with Crippen molar-refractivity contribution in [3.05, 3.63) is 64.0 Å². The fourth-order valence-electron chi connectivity index (χ4n) is 2.70. The van der Waals surface area contributed by atoms with E-state index in [4.69, 9.17) is 9.15 Å². The van der Waals surface area contributed by atoms with E-state index in [2.05, 4.69) is 0 Å². The molecule has 27 heavy (non-hydrogen) atoms. The number of hydrogen-bond donors (Lipinski definition) is 2. The van der Waals surface area contributed by atoms with E-state index in [1.165, 1.54) is 24.3 Å². The van der Waals surface area contributed by atoms with Crippen LogP contribution in [0.4, 0.5) is 13.2 Å². The van der Waals surface area contributed by atoms with Crippen molar-refractivity contribution in [2.24, 2.45) is 0 Å². The molecule has 2 aromatic carbocycles. The van der Waals surface area contributed by atoms with Gasteiger partial charge in [-0.15, -0.1) is 0 Å². The monoisotopic (exact) mass is 380 g/mol. The summed E-state index contributed by atoms with van der Waals surface area (Å²) >= 11 is 0. The van der Waals surface area contributed by atoms with Crippen LogP contribution >= 0.6 is 0 Å². The molecule has 0 fully saturated rings. The Morgan fingerprint density at radius 2 is 1.78 bits per heavy atom. The van der Waals surface area contributed by atoms with E-state index in [9.17, 15) is 23.1 Å². The van der Waals surface area contributed by atoms with Gasteiger partial charge in [0.1, 0.15) is 18.0 Å². The van der Waals surface area contributed by atoms with Gasteiger partial charge in [-0.1, -0.05) is 18.2 Å². The van der Waals surface area contributed by atoms with E-state index in [1.807, 2.05) is 0 Å². The molecule has 0 saturated carbocycles. The van der Waals surface area contributed by atoms with Gasteiger partial charge in [0.05, 0.1) is 25.0 Å². The van der Waals surface area contributed by atoms with Gasteiger partial charge < -0.3 is 19.2 Å². The van der Waals surface area contributed by atoms with Gasteiger partial charge in [-0.05, 0) is 24.3 Å². The van der Waals surface area contributed by atoms with Crippen molar-refractivity contribution >= 4 is 11.0 Å². The number of ether oxygens (including phenoxy) is 1. The highest BCUT2D eigenvalue weighted by Gasteiger charge is 2.41. The minimum Gasteiger partial charge on any atom is -0.507 e. The summed E-state index contributed by atoms with van der Waals surface area (Å²) in [5.74, 6) is -2.64. The van der Waals surface area contributed by atoms with Gasteiger partial charge in [-0.25, -0.2) is 0 Å². The Hall–Kier alpha value is -3.00. The van der Waals surface area contributed by atoms with Crippen molar-refractivity contribution in [3.63, 3.8) is 0 Å².